The number of piperazine rings is 1. The highest BCUT2D eigenvalue weighted by molar-refractivity contribution is 5.66. The predicted octanol–water partition coefficient (Wildman–Crippen LogP) is 4.47. The van der Waals surface area contributed by atoms with Crippen LogP contribution < -0.4 is 10.2 Å². The summed E-state index contributed by atoms with van der Waals surface area (Å²) in [5, 5.41) is 3.51. The van der Waals surface area contributed by atoms with Crippen LogP contribution in [-0.2, 0) is 6.54 Å². The Morgan fingerprint density at radius 1 is 0.828 bits per heavy atom. The second-order valence-electron chi connectivity index (χ2n) is 7.80. The van der Waals surface area contributed by atoms with Gasteiger partial charge < -0.3 is 10.2 Å². The Hall–Kier alpha value is -2.92. The molecule has 2 aromatic carbocycles. The largest absolute Gasteiger partial charge is 0.354 e. The van der Waals surface area contributed by atoms with Gasteiger partial charge in [0.25, 0.3) is 0 Å². The van der Waals surface area contributed by atoms with Crippen LogP contribution in [0.25, 0.3) is 0 Å². The molecule has 1 aliphatic heterocycles. The Morgan fingerprint density at radius 3 is 2.21 bits per heavy atom. The number of hydrogen-bond acceptors (Lipinski definition) is 5. The molecule has 0 saturated carbocycles. The Kier molecular flexibility index (Phi) is 5.76. The molecule has 1 aliphatic rings. The molecular formula is C24H29N5. The molecule has 5 heteroatoms. The fourth-order valence-corrected chi connectivity index (χ4v) is 3.89. The van der Waals surface area contributed by atoms with Gasteiger partial charge in [-0.05, 0) is 37.5 Å². The summed E-state index contributed by atoms with van der Waals surface area (Å²) in [7, 11) is 0. The zero-order valence-electron chi connectivity index (χ0n) is 17.5. The average Bonchev–Trinajstić information content (AvgIpc) is 2.72. The van der Waals surface area contributed by atoms with Crippen LogP contribution in [0.2, 0.25) is 0 Å². The summed E-state index contributed by atoms with van der Waals surface area (Å²) in [6, 6.07) is 19.1. The van der Waals surface area contributed by atoms with Crippen molar-refractivity contribution < 1.29 is 0 Å². The third kappa shape index (κ3) is 4.74. The topological polar surface area (TPSA) is 44.3 Å². The molecule has 1 saturated heterocycles. The van der Waals surface area contributed by atoms with E-state index in [9.17, 15) is 0 Å². The predicted molar refractivity (Wildman–Crippen MR) is 120 cm³/mol. The molecule has 0 spiro atoms. The fraction of sp³-hybridized carbons (Fsp3) is 0.333. The van der Waals surface area contributed by atoms with Crippen molar-refractivity contribution in [3.63, 3.8) is 0 Å². The first-order valence-corrected chi connectivity index (χ1v) is 10.3. The molecule has 0 radical (unpaired) electrons. The second kappa shape index (κ2) is 8.62. The van der Waals surface area contributed by atoms with Crippen LogP contribution in [-0.4, -0.2) is 41.0 Å². The minimum Gasteiger partial charge on any atom is -0.354 e. The lowest BCUT2D eigenvalue weighted by atomic mass is 10.1. The lowest BCUT2D eigenvalue weighted by molar-refractivity contribution is 0.249. The van der Waals surface area contributed by atoms with Crippen molar-refractivity contribution >= 4 is 17.3 Å². The zero-order valence-corrected chi connectivity index (χ0v) is 17.5. The van der Waals surface area contributed by atoms with E-state index in [1.807, 2.05) is 6.92 Å². The number of rotatable bonds is 5. The highest BCUT2D eigenvalue weighted by Crippen LogP contribution is 2.25. The van der Waals surface area contributed by atoms with Crippen LogP contribution in [0.4, 0.5) is 17.3 Å². The van der Waals surface area contributed by atoms with Crippen molar-refractivity contribution in [2.75, 3.05) is 36.4 Å². The van der Waals surface area contributed by atoms with Crippen molar-refractivity contribution in [2.45, 2.75) is 27.3 Å². The lowest BCUT2D eigenvalue weighted by Gasteiger charge is -2.35. The maximum absolute atomic E-state index is 4.71. The molecule has 0 unspecified atom stereocenters. The molecule has 5 nitrogen and oxygen atoms in total. The molecule has 0 amide bonds. The summed E-state index contributed by atoms with van der Waals surface area (Å²) in [6.07, 6.45) is 0. The molecule has 0 aliphatic carbocycles. The fourth-order valence-electron chi connectivity index (χ4n) is 3.89. The normalized spacial score (nSPS) is 14.8. The number of para-hydroxylation sites is 1. The maximum Gasteiger partial charge on any atom is 0.136 e. The molecule has 3 aromatic rings. The van der Waals surface area contributed by atoms with Gasteiger partial charge in [0.2, 0.25) is 0 Å². The average molecular weight is 388 g/mol. The number of benzene rings is 2. The van der Waals surface area contributed by atoms with Crippen molar-refractivity contribution in [1.29, 1.82) is 0 Å². The minimum atomic E-state index is 0.794. The van der Waals surface area contributed by atoms with Crippen molar-refractivity contribution in [3.05, 3.63) is 77.1 Å². The molecule has 0 atom stereocenters. The van der Waals surface area contributed by atoms with Gasteiger partial charge in [-0.2, -0.15) is 0 Å². The molecule has 1 N–H and O–H groups in total. The summed E-state index contributed by atoms with van der Waals surface area (Å²) in [6.45, 7) is 11.3. The van der Waals surface area contributed by atoms with Gasteiger partial charge >= 0.3 is 0 Å². The Labute approximate surface area is 173 Å². The van der Waals surface area contributed by atoms with Gasteiger partial charge in [-0.3, -0.25) is 4.90 Å². The molecule has 150 valence electrons. The maximum atomic E-state index is 4.71. The van der Waals surface area contributed by atoms with E-state index in [2.05, 4.69) is 88.5 Å². The van der Waals surface area contributed by atoms with Crippen LogP contribution in [0.15, 0.2) is 54.6 Å². The van der Waals surface area contributed by atoms with E-state index in [4.69, 9.17) is 4.98 Å². The van der Waals surface area contributed by atoms with E-state index < -0.39 is 0 Å². The molecular weight excluding hydrogens is 358 g/mol. The van der Waals surface area contributed by atoms with Gasteiger partial charge in [0.1, 0.15) is 17.5 Å². The highest BCUT2D eigenvalue weighted by atomic mass is 15.3. The highest BCUT2D eigenvalue weighted by Gasteiger charge is 2.19. The lowest BCUT2D eigenvalue weighted by Crippen LogP contribution is -2.46. The van der Waals surface area contributed by atoms with E-state index in [-0.39, 0.29) is 0 Å². The summed E-state index contributed by atoms with van der Waals surface area (Å²) >= 11 is 0. The Bertz CT molecular complexity index is 942. The summed E-state index contributed by atoms with van der Waals surface area (Å²) in [4.78, 5) is 14.2. The van der Waals surface area contributed by atoms with Crippen molar-refractivity contribution in [2.24, 2.45) is 0 Å². The van der Waals surface area contributed by atoms with E-state index in [0.29, 0.717) is 0 Å². The standard InChI is InChI=1S/C24H29N5/c1-18-8-7-9-19(2)24(18)27-22-16-23(26-20(3)25-22)29-14-12-28(13-15-29)17-21-10-5-4-6-11-21/h4-11,16H,12-15,17H2,1-3H3,(H,25,26,27). The first kappa shape index (κ1) is 19.4. The molecule has 1 aromatic heterocycles. The number of hydrogen-bond donors (Lipinski definition) is 1. The number of nitrogens with one attached hydrogen (secondary N) is 1. The van der Waals surface area contributed by atoms with Crippen LogP contribution in [0, 0.1) is 20.8 Å². The first-order valence-electron chi connectivity index (χ1n) is 10.3. The third-order valence-electron chi connectivity index (χ3n) is 5.50. The third-order valence-corrected chi connectivity index (χ3v) is 5.50. The van der Waals surface area contributed by atoms with E-state index >= 15 is 0 Å². The second-order valence-corrected chi connectivity index (χ2v) is 7.80. The van der Waals surface area contributed by atoms with Crippen molar-refractivity contribution in [3.8, 4) is 0 Å². The van der Waals surface area contributed by atoms with Gasteiger partial charge in [-0.15, -0.1) is 0 Å². The van der Waals surface area contributed by atoms with Gasteiger partial charge in [0, 0.05) is 44.5 Å². The zero-order chi connectivity index (χ0) is 20.2. The van der Waals surface area contributed by atoms with E-state index in [0.717, 1.165) is 55.9 Å². The van der Waals surface area contributed by atoms with Gasteiger partial charge in [0.05, 0.1) is 0 Å². The number of nitrogens with zero attached hydrogens (tertiary/aromatic N) is 4. The summed E-state index contributed by atoms with van der Waals surface area (Å²) in [5.74, 6) is 2.66. The first-order chi connectivity index (χ1) is 14.1. The quantitative estimate of drug-likeness (QED) is 0.700. The van der Waals surface area contributed by atoms with Crippen molar-refractivity contribution in [1.82, 2.24) is 14.9 Å². The van der Waals surface area contributed by atoms with Crippen LogP contribution in [0.1, 0.15) is 22.5 Å². The molecule has 4 rings (SSSR count). The van der Waals surface area contributed by atoms with Crippen LogP contribution >= 0.6 is 0 Å². The van der Waals surface area contributed by atoms with E-state index in [1.165, 1.54) is 16.7 Å². The van der Waals surface area contributed by atoms with Gasteiger partial charge in [-0.25, -0.2) is 9.97 Å². The number of anilines is 3. The SMILES string of the molecule is Cc1nc(Nc2c(C)cccc2C)cc(N2CCN(Cc3ccccc3)CC2)n1. The molecule has 0 bridgehead atoms. The minimum absolute atomic E-state index is 0.794. The molecule has 29 heavy (non-hydrogen) atoms. The van der Waals surface area contributed by atoms with E-state index in [1.54, 1.807) is 0 Å². The monoisotopic (exact) mass is 387 g/mol. The molecule has 2 heterocycles. The number of aryl methyl sites for hydroxylation is 3. The van der Waals surface area contributed by atoms with Gasteiger partial charge in [0.15, 0.2) is 0 Å². The Balaban J connectivity index is 1.44. The number of aromatic nitrogens is 2. The van der Waals surface area contributed by atoms with Crippen LogP contribution in [0.3, 0.4) is 0 Å². The van der Waals surface area contributed by atoms with Gasteiger partial charge in [-0.1, -0.05) is 48.5 Å². The summed E-state index contributed by atoms with van der Waals surface area (Å²) < 4.78 is 0. The summed E-state index contributed by atoms with van der Waals surface area (Å²) in [5.41, 5.74) is 4.94. The molecule has 1 fully saturated rings. The van der Waals surface area contributed by atoms with Crippen LogP contribution in [0.5, 0.6) is 0 Å². The Morgan fingerprint density at radius 2 is 1.52 bits per heavy atom. The smallest absolute Gasteiger partial charge is 0.136 e.